The SMILES string of the molecule is CC(NS(=O)(=O)c1cccnc1C#N)(C(=O)O)C1CC1. The van der Waals surface area contributed by atoms with Gasteiger partial charge in [0.1, 0.15) is 16.5 Å². The van der Waals surface area contributed by atoms with Crippen molar-refractivity contribution in [2.24, 2.45) is 5.92 Å². The van der Waals surface area contributed by atoms with Crippen molar-refractivity contribution in [3.8, 4) is 6.07 Å². The zero-order valence-electron chi connectivity index (χ0n) is 10.7. The van der Waals surface area contributed by atoms with Gasteiger partial charge in [-0.05, 0) is 37.8 Å². The van der Waals surface area contributed by atoms with Gasteiger partial charge in [0.05, 0.1) is 0 Å². The van der Waals surface area contributed by atoms with E-state index in [0.29, 0.717) is 12.8 Å². The maximum atomic E-state index is 12.3. The van der Waals surface area contributed by atoms with Crippen LogP contribution >= 0.6 is 0 Å². The Morgan fingerprint density at radius 3 is 2.75 bits per heavy atom. The Bertz CT molecular complexity index is 691. The molecular weight excluding hydrogens is 282 g/mol. The van der Waals surface area contributed by atoms with Gasteiger partial charge in [-0.15, -0.1) is 0 Å². The van der Waals surface area contributed by atoms with Gasteiger partial charge in [0, 0.05) is 6.20 Å². The molecule has 8 heteroatoms. The summed E-state index contributed by atoms with van der Waals surface area (Å²) < 4.78 is 26.8. The number of pyridine rings is 1. The first-order chi connectivity index (χ1) is 9.31. The fraction of sp³-hybridized carbons (Fsp3) is 0.417. The van der Waals surface area contributed by atoms with Crippen LogP contribution in [0.15, 0.2) is 23.2 Å². The summed E-state index contributed by atoms with van der Waals surface area (Å²) in [6.07, 6.45) is 2.61. The highest BCUT2D eigenvalue weighted by Crippen LogP contribution is 2.40. The van der Waals surface area contributed by atoms with Crippen LogP contribution in [0.3, 0.4) is 0 Å². The summed E-state index contributed by atoms with van der Waals surface area (Å²) in [7, 11) is -4.13. The first-order valence-corrected chi connectivity index (χ1v) is 7.42. The van der Waals surface area contributed by atoms with Gasteiger partial charge in [0.25, 0.3) is 0 Å². The Labute approximate surface area is 116 Å². The number of carboxylic acids is 1. The maximum absolute atomic E-state index is 12.3. The van der Waals surface area contributed by atoms with Crippen molar-refractivity contribution in [2.45, 2.75) is 30.2 Å². The number of nitrogens with one attached hydrogen (secondary N) is 1. The topological polar surface area (TPSA) is 120 Å². The molecule has 1 heterocycles. The molecular formula is C12H13N3O4S. The molecule has 0 bridgehead atoms. The summed E-state index contributed by atoms with van der Waals surface area (Å²) in [4.78, 5) is 14.7. The molecule has 0 saturated heterocycles. The van der Waals surface area contributed by atoms with E-state index < -0.39 is 21.5 Å². The number of nitrogens with zero attached hydrogens (tertiary/aromatic N) is 2. The third kappa shape index (κ3) is 2.50. The number of carbonyl (C=O) groups is 1. The third-order valence-electron chi connectivity index (χ3n) is 3.35. The molecule has 1 fully saturated rings. The average Bonchev–Trinajstić information content (AvgIpc) is 3.22. The molecule has 1 atom stereocenters. The molecule has 1 aliphatic carbocycles. The minimum atomic E-state index is -4.13. The van der Waals surface area contributed by atoms with Gasteiger partial charge in [-0.2, -0.15) is 9.98 Å². The van der Waals surface area contributed by atoms with Crippen LogP contribution in [-0.2, 0) is 14.8 Å². The van der Waals surface area contributed by atoms with Crippen LogP contribution in [-0.4, -0.2) is 30.0 Å². The first kappa shape index (κ1) is 14.4. The van der Waals surface area contributed by atoms with Gasteiger partial charge < -0.3 is 5.11 Å². The van der Waals surface area contributed by atoms with E-state index in [0.717, 1.165) is 0 Å². The molecule has 2 rings (SSSR count). The van der Waals surface area contributed by atoms with E-state index in [-0.39, 0.29) is 16.5 Å². The third-order valence-corrected chi connectivity index (χ3v) is 4.95. The number of nitriles is 1. The lowest BCUT2D eigenvalue weighted by molar-refractivity contribution is -0.144. The Morgan fingerprint density at radius 2 is 2.25 bits per heavy atom. The second-order valence-corrected chi connectivity index (χ2v) is 6.50. The number of hydrogen-bond acceptors (Lipinski definition) is 5. The minimum absolute atomic E-state index is 0.239. The predicted molar refractivity (Wildman–Crippen MR) is 68.0 cm³/mol. The van der Waals surface area contributed by atoms with Crippen molar-refractivity contribution < 1.29 is 18.3 Å². The summed E-state index contributed by atoms with van der Waals surface area (Å²) in [6.45, 7) is 1.34. The molecule has 1 aromatic heterocycles. The summed E-state index contributed by atoms with van der Waals surface area (Å²) in [5.41, 5.74) is -1.83. The van der Waals surface area contributed by atoms with Crippen molar-refractivity contribution in [1.82, 2.24) is 9.71 Å². The van der Waals surface area contributed by atoms with Crippen molar-refractivity contribution >= 4 is 16.0 Å². The highest BCUT2D eigenvalue weighted by molar-refractivity contribution is 7.89. The van der Waals surface area contributed by atoms with Crippen molar-refractivity contribution in [2.75, 3.05) is 0 Å². The van der Waals surface area contributed by atoms with E-state index in [1.807, 2.05) is 0 Å². The van der Waals surface area contributed by atoms with Gasteiger partial charge in [0.15, 0.2) is 5.69 Å². The van der Waals surface area contributed by atoms with Crippen LogP contribution in [0, 0.1) is 17.2 Å². The lowest BCUT2D eigenvalue weighted by Gasteiger charge is -2.25. The van der Waals surface area contributed by atoms with Crippen molar-refractivity contribution in [1.29, 1.82) is 5.26 Å². The number of aliphatic carboxylic acids is 1. The molecule has 0 spiro atoms. The summed E-state index contributed by atoms with van der Waals surface area (Å²) >= 11 is 0. The highest BCUT2D eigenvalue weighted by Gasteiger charge is 2.50. The van der Waals surface area contributed by atoms with E-state index >= 15 is 0 Å². The molecule has 1 aliphatic rings. The molecule has 2 N–H and O–H groups in total. The molecule has 106 valence electrons. The van der Waals surface area contributed by atoms with Gasteiger partial charge in [0.2, 0.25) is 10.0 Å². The second kappa shape index (κ2) is 4.85. The Morgan fingerprint density at radius 1 is 1.60 bits per heavy atom. The molecule has 0 aromatic carbocycles. The van der Waals surface area contributed by atoms with Crippen LogP contribution in [0.2, 0.25) is 0 Å². The van der Waals surface area contributed by atoms with Crippen LogP contribution < -0.4 is 4.72 Å². The Balaban J connectivity index is 2.41. The molecule has 0 aliphatic heterocycles. The molecule has 1 unspecified atom stereocenters. The summed E-state index contributed by atoms with van der Waals surface area (Å²) in [6, 6.07) is 4.29. The molecule has 20 heavy (non-hydrogen) atoms. The van der Waals surface area contributed by atoms with E-state index in [4.69, 9.17) is 5.26 Å². The van der Waals surface area contributed by atoms with Crippen molar-refractivity contribution in [3.63, 3.8) is 0 Å². The molecule has 1 saturated carbocycles. The van der Waals surface area contributed by atoms with Gasteiger partial charge in [-0.1, -0.05) is 0 Å². The van der Waals surface area contributed by atoms with Gasteiger partial charge in [-0.25, -0.2) is 13.4 Å². The quantitative estimate of drug-likeness (QED) is 0.815. The Hall–Kier alpha value is -1.98. The number of sulfonamides is 1. The smallest absolute Gasteiger partial charge is 0.324 e. The number of rotatable bonds is 5. The van der Waals surface area contributed by atoms with E-state index in [1.165, 1.54) is 25.3 Å². The average molecular weight is 295 g/mol. The standard InChI is InChI=1S/C12H13N3O4S/c1-12(11(16)17,8-4-5-8)15-20(18,19)10-3-2-6-14-9(10)7-13/h2-3,6,8,15H,4-5H2,1H3,(H,16,17). The van der Waals surface area contributed by atoms with Crippen molar-refractivity contribution in [3.05, 3.63) is 24.0 Å². The lowest BCUT2D eigenvalue weighted by atomic mass is 9.98. The number of aromatic nitrogens is 1. The number of carboxylic acid groups (broad SMARTS) is 1. The largest absolute Gasteiger partial charge is 0.480 e. The number of hydrogen-bond donors (Lipinski definition) is 2. The predicted octanol–water partition coefficient (Wildman–Crippen LogP) is 0.485. The van der Waals surface area contributed by atoms with E-state index in [1.54, 1.807) is 6.07 Å². The van der Waals surface area contributed by atoms with Crippen LogP contribution in [0.25, 0.3) is 0 Å². The van der Waals surface area contributed by atoms with Crippen LogP contribution in [0.1, 0.15) is 25.5 Å². The molecule has 0 radical (unpaired) electrons. The molecule has 1 aromatic rings. The Kier molecular flexibility index (Phi) is 3.50. The summed E-state index contributed by atoms with van der Waals surface area (Å²) in [5, 5.41) is 18.2. The first-order valence-electron chi connectivity index (χ1n) is 5.94. The molecule has 0 amide bonds. The zero-order chi connectivity index (χ0) is 15.0. The highest BCUT2D eigenvalue weighted by atomic mass is 32.2. The fourth-order valence-electron chi connectivity index (χ4n) is 1.99. The molecule has 7 nitrogen and oxygen atoms in total. The van der Waals surface area contributed by atoms with Gasteiger partial charge >= 0.3 is 5.97 Å². The summed E-state index contributed by atoms with van der Waals surface area (Å²) in [5.74, 6) is -1.47. The maximum Gasteiger partial charge on any atom is 0.324 e. The zero-order valence-corrected chi connectivity index (χ0v) is 11.5. The van der Waals surface area contributed by atoms with Crippen LogP contribution in [0.4, 0.5) is 0 Å². The minimum Gasteiger partial charge on any atom is -0.480 e. The second-order valence-electron chi connectivity index (χ2n) is 4.85. The van der Waals surface area contributed by atoms with E-state index in [2.05, 4.69) is 9.71 Å². The fourth-order valence-corrected chi connectivity index (χ4v) is 3.52. The monoisotopic (exact) mass is 295 g/mol. The van der Waals surface area contributed by atoms with Gasteiger partial charge in [-0.3, -0.25) is 4.79 Å². The van der Waals surface area contributed by atoms with E-state index in [9.17, 15) is 18.3 Å². The normalized spacial score (nSPS) is 18.0. The van der Waals surface area contributed by atoms with Crippen LogP contribution in [0.5, 0.6) is 0 Å². The lowest BCUT2D eigenvalue weighted by Crippen LogP contribution is -2.53.